The van der Waals surface area contributed by atoms with Crippen molar-refractivity contribution < 1.29 is 29.0 Å². The van der Waals surface area contributed by atoms with Crippen LogP contribution in [0, 0.1) is 6.92 Å². The molecule has 0 bridgehead atoms. The molecule has 1 aliphatic heterocycles. The van der Waals surface area contributed by atoms with Gasteiger partial charge in [0.2, 0.25) is 0 Å². The number of carbonyl (C=O) groups excluding carboxylic acids is 1. The van der Waals surface area contributed by atoms with Crippen molar-refractivity contribution in [3.8, 4) is 5.75 Å². The van der Waals surface area contributed by atoms with E-state index in [0.717, 1.165) is 42.9 Å². The van der Waals surface area contributed by atoms with Crippen LogP contribution < -0.4 is 9.64 Å². The van der Waals surface area contributed by atoms with E-state index in [-0.39, 0.29) is 12.6 Å². The molecule has 0 unspecified atom stereocenters. The average Bonchev–Trinajstić information content (AvgIpc) is 2.91. The Balaban J connectivity index is 1.71. The number of aliphatic hydroxyl groups is 1. The first-order valence-electron chi connectivity index (χ1n) is 9.49. The number of rotatable bonds is 7. The Morgan fingerprint density at radius 3 is 2.81 bits per heavy atom. The molecule has 148 valence electrons. The zero-order chi connectivity index (χ0) is 19.4. The molecule has 0 amide bonds. The van der Waals surface area contributed by atoms with Crippen LogP contribution in [0.5, 0.6) is 5.75 Å². The summed E-state index contributed by atoms with van der Waals surface area (Å²) in [4.78, 5) is 13.7. The van der Waals surface area contributed by atoms with Gasteiger partial charge in [0.25, 0.3) is 0 Å². The molecule has 1 aromatic carbocycles. The third-order valence-corrected chi connectivity index (χ3v) is 5.11. The minimum atomic E-state index is -0.546. The lowest BCUT2D eigenvalue weighted by molar-refractivity contribution is -0.911. The first kappa shape index (κ1) is 19.7. The molecule has 7 heteroatoms. The maximum atomic E-state index is 12.4. The van der Waals surface area contributed by atoms with Crippen LogP contribution in [0.2, 0.25) is 0 Å². The smallest absolute Gasteiger partial charge is 0.340 e. The van der Waals surface area contributed by atoms with Crippen LogP contribution in [0.25, 0.3) is 10.9 Å². The van der Waals surface area contributed by atoms with Gasteiger partial charge >= 0.3 is 5.97 Å². The molecule has 2 aromatic rings. The van der Waals surface area contributed by atoms with Crippen LogP contribution in [0.1, 0.15) is 23.0 Å². The first-order valence-corrected chi connectivity index (χ1v) is 9.49. The number of nitrogens with one attached hydrogen (secondary N) is 1. The Hall–Kier alpha value is -2.09. The Morgan fingerprint density at radius 2 is 2.11 bits per heavy atom. The molecule has 2 heterocycles. The molecule has 0 radical (unpaired) electrons. The van der Waals surface area contributed by atoms with Gasteiger partial charge in [-0.2, -0.15) is 0 Å². The summed E-state index contributed by atoms with van der Waals surface area (Å²) in [6, 6.07) is 5.65. The van der Waals surface area contributed by atoms with E-state index in [1.54, 1.807) is 6.92 Å². The van der Waals surface area contributed by atoms with E-state index in [1.165, 1.54) is 4.90 Å². The van der Waals surface area contributed by atoms with Crippen LogP contribution in [-0.2, 0) is 16.5 Å². The minimum absolute atomic E-state index is 0.219. The maximum Gasteiger partial charge on any atom is 0.340 e. The van der Waals surface area contributed by atoms with Gasteiger partial charge in [0.1, 0.15) is 38.1 Å². The zero-order valence-corrected chi connectivity index (χ0v) is 16.3. The lowest BCUT2D eigenvalue weighted by atomic mass is 10.1. The highest BCUT2D eigenvalue weighted by Gasteiger charge is 2.21. The van der Waals surface area contributed by atoms with E-state index in [1.807, 2.05) is 36.7 Å². The zero-order valence-electron chi connectivity index (χ0n) is 16.3. The molecule has 27 heavy (non-hydrogen) atoms. The Morgan fingerprint density at radius 1 is 1.37 bits per heavy atom. The van der Waals surface area contributed by atoms with Gasteiger partial charge in [-0.05, 0) is 32.0 Å². The van der Waals surface area contributed by atoms with Crippen molar-refractivity contribution in [1.29, 1.82) is 0 Å². The van der Waals surface area contributed by atoms with Crippen molar-refractivity contribution in [3.05, 3.63) is 29.5 Å². The van der Waals surface area contributed by atoms with E-state index in [9.17, 15) is 9.90 Å². The van der Waals surface area contributed by atoms with Gasteiger partial charge in [0.05, 0.1) is 25.4 Å². The number of esters is 1. The molecule has 0 spiro atoms. The second kappa shape index (κ2) is 8.73. The number of ether oxygens (including phenoxy) is 3. The molecule has 1 aromatic heterocycles. The van der Waals surface area contributed by atoms with Gasteiger partial charge in [-0.3, -0.25) is 0 Å². The number of aliphatic hydroxyl groups excluding tert-OH is 1. The summed E-state index contributed by atoms with van der Waals surface area (Å²) < 4.78 is 18.3. The standard InChI is InChI=1S/C20H28N2O5/c1-4-26-20(24)19-14(2)21(3)18-6-5-16(11-17(18)19)27-13-15(23)12-22-7-9-25-10-8-22/h5-6,11,15,23H,4,7-10,12-13H2,1-3H3/p+1/t15-/m1/s1. The second-order valence-corrected chi connectivity index (χ2v) is 6.95. The van der Waals surface area contributed by atoms with Crippen molar-refractivity contribution in [2.45, 2.75) is 20.0 Å². The average molecular weight is 377 g/mol. The molecule has 1 atom stereocenters. The normalized spacial score (nSPS) is 16.4. The fourth-order valence-electron chi connectivity index (χ4n) is 3.55. The molecular weight excluding hydrogens is 348 g/mol. The van der Waals surface area contributed by atoms with Crippen LogP contribution in [0.4, 0.5) is 0 Å². The molecule has 1 saturated heterocycles. The molecule has 0 saturated carbocycles. The number of carbonyl (C=O) groups is 1. The van der Waals surface area contributed by atoms with Gasteiger partial charge < -0.3 is 28.8 Å². The summed E-state index contributed by atoms with van der Waals surface area (Å²) in [5.41, 5.74) is 2.37. The minimum Gasteiger partial charge on any atom is -0.491 e. The predicted molar refractivity (Wildman–Crippen MR) is 101 cm³/mol. The Bertz CT molecular complexity index is 795. The molecule has 7 nitrogen and oxygen atoms in total. The summed E-state index contributed by atoms with van der Waals surface area (Å²) >= 11 is 0. The highest BCUT2D eigenvalue weighted by atomic mass is 16.5. The van der Waals surface area contributed by atoms with E-state index in [0.29, 0.717) is 24.5 Å². The third-order valence-electron chi connectivity index (χ3n) is 5.11. The summed E-state index contributed by atoms with van der Waals surface area (Å²) in [6.45, 7) is 8.20. The Labute approximate surface area is 159 Å². The van der Waals surface area contributed by atoms with E-state index in [2.05, 4.69) is 0 Å². The van der Waals surface area contributed by atoms with Crippen molar-refractivity contribution in [3.63, 3.8) is 0 Å². The molecule has 1 aliphatic rings. The van der Waals surface area contributed by atoms with Crippen LogP contribution in [-0.4, -0.2) is 67.8 Å². The molecule has 0 aliphatic carbocycles. The number of benzene rings is 1. The number of hydrogen-bond donors (Lipinski definition) is 2. The van der Waals surface area contributed by atoms with E-state index >= 15 is 0 Å². The molecular formula is C20H29N2O5+. The fraction of sp³-hybridized carbons (Fsp3) is 0.550. The van der Waals surface area contributed by atoms with Gasteiger partial charge in [0.15, 0.2) is 0 Å². The van der Waals surface area contributed by atoms with Gasteiger partial charge in [-0.25, -0.2) is 4.79 Å². The SMILES string of the molecule is CCOC(=O)c1c(C)n(C)c2ccc(OC[C@H](O)C[NH+]3CCOCC3)cc12. The molecule has 2 N–H and O–H groups in total. The summed E-state index contributed by atoms with van der Waals surface area (Å²) in [6.07, 6.45) is -0.546. The summed E-state index contributed by atoms with van der Waals surface area (Å²) in [5.74, 6) is 0.309. The highest BCUT2D eigenvalue weighted by Crippen LogP contribution is 2.29. The van der Waals surface area contributed by atoms with Gasteiger partial charge in [0, 0.05) is 23.6 Å². The summed E-state index contributed by atoms with van der Waals surface area (Å²) in [5, 5.41) is 11.1. The monoisotopic (exact) mass is 377 g/mol. The molecule has 3 rings (SSSR count). The van der Waals surface area contributed by atoms with Crippen LogP contribution >= 0.6 is 0 Å². The van der Waals surface area contributed by atoms with Crippen LogP contribution in [0.3, 0.4) is 0 Å². The summed E-state index contributed by atoms with van der Waals surface area (Å²) in [7, 11) is 1.93. The number of aromatic nitrogens is 1. The molecule has 1 fully saturated rings. The maximum absolute atomic E-state index is 12.4. The van der Waals surface area contributed by atoms with Crippen molar-refractivity contribution in [2.75, 3.05) is 46.1 Å². The largest absolute Gasteiger partial charge is 0.491 e. The number of fused-ring (bicyclic) bond motifs is 1. The lowest BCUT2D eigenvalue weighted by Gasteiger charge is -2.25. The van der Waals surface area contributed by atoms with Crippen molar-refractivity contribution in [2.24, 2.45) is 7.05 Å². The van der Waals surface area contributed by atoms with Gasteiger partial charge in [-0.15, -0.1) is 0 Å². The Kier molecular flexibility index (Phi) is 6.36. The van der Waals surface area contributed by atoms with E-state index < -0.39 is 6.10 Å². The topological polar surface area (TPSA) is 74.4 Å². The first-order chi connectivity index (χ1) is 13.0. The number of quaternary nitrogens is 1. The quantitative estimate of drug-likeness (QED) is 0.680. The lowest BCUT2D eigenvalue weighted by Crippen LogP contribution is -3.15. The van der Waals surface area contributed by atoms with Crippen molar-refractivity contribution >= 4 is 16.9 Å². The number of morpholine rings is 1. The number of hydrogen-bond acceptors (Lipinski definition) is 5. The number of aryl methyl sites for hydroxylation is 1. The van der Waals surface area contributed by atoms with Gasteiger partial charge in [-0.1, -0.05) is 0 Å². The highest BCUT2D eigenvalue weighted by molar-refractivity contribution is 6.06. The number of nitrogens with zero attached hydrogens (tertiary/aromatic N) is 1. The third kappa shape index (κ3) is 4.43. The van der Waals surface area contributed by atoms with Crippen molar-refractivity contribution in [1.82, 2.24) is 4.57 Å². The fourth-order valence-corrected chi connectivity index (χ4v) is 3.55. The van der Waals surface area contributed by atoms with E-state index in [4.69, 9.17) is 14.2 Å². The predicted octanol–water partition coefficient (Wildman–Crippen LogP) is 0.318. The second-order valence-electron chi connectivity index (χ2n) is 6.95. The van der Waals surface area contributed by atoms with Crippen LogP contribution in [0.15, 0.2) is 18.2 Å².